The van der Waals surface area contributed by atoms with E-state index < -0.39 is 9.84 Å². The molecule has 1 saturated heterocycles. The number of hydrogen-bond acceptors (Lipinski definition) is 7. The fourth-order valence-corrected chi connectivity index (χ4v) is 6.09. The SMILES string of the molecule is CN(C)N(C(=O)Cc1csc(-c2ccsc2)n1)[C@H]1CCS(=O)(=O)C1. The van der Waals surface area contributed by atoms with E-state index in [0.29, 0.717) is 6.42 Å². The molecule has 3 heterocycles. The third-order valence-electron chi connectivity index (χ3n) is 3.89. The molecule has 0 aromatic carbocycles. The number of sulfone groups is 1. The van der Waals surface area contributed by atoms with Gasteiger partial charge in [-0.15, -0.1) is 11.3 Å². The highest BCUT2D eigenvalue weighted by atomic mass is 32.2. The van der Waals surface area contributed by atoms with Crippen LogP contribution in [0.15, 0.2) is 22.2 Å². The fourth-order valence-electron chi connectivity index (χ4n) is 2.86. The minimum atomic E-state index is -3.04. The van der Waals surface area contributed by atoms with Crippen LogP contribution in [-0.4, -0.2) is 61.0 Å². The summed E-state index contributed by atoms with van der Waals surface area (Å²) >= 11 is 3.13. The van der Waals surface area contributed by atoms with Crippen LogP contribution in [0.5, 0.6) is 0 Å². The topological polar surface area (TPSA) is 70.6 Å². The van der Waals surface area contributed by atoms with Crippen LogP contribution in [0.2, 0.25) is 0 Å². The number of nitrogens with zero attached hydrogens (tertiary/aromatic N) is 3. The van der Waals surface area contributed by atoms with E-state index in [9.17, 15) is 13.2 Å². The Labute approximate surface area is 149 Å². The molecule has 2 aromatic heterocycles. The van der Waals surface area contributed by atoms with E-state index in [4.69, 9.17) is 0 Å². The summed E-state index contributed by atoms with van der Waals surface area (Å²) in [6.45, 7) is 0. The lowest BCUT2D eigenvalue weighted by Crippen LogP contribution is -2.50. The van der Waals surface area contributed by atoms with Crippen molar-refractivity contribution in [3.05, 3.63) is 27.9 Å². The third kappa shape index (κ3) is 3.85. The highest BCUT2D eigenvalue weighted by Crippen LogP contribution is 2.26. The van der Waals surface area contributed by atoms with Gasteiger partial charge in [0.25, 0.3) is 0 Å². The number of carbonyl (C=O) groups is 1. The van der Waals surface area contributed by atoms with E-state index in [2.05, 4.69) is 4.98 Å². The summed E-state index contributed by atoms with van der Waals surface area (Å²) < 4.78 is 23.4. The number of hydrazine groups is 1. The molecule has 1 aliphatic heterocycles. The second-order valence-corrected chi connectivity index (χ2v) is 9.84. The number of amides is 1. The quantitative estimate of drug-likeness (QED) is 0.735. The van der Waals surface area contributed by atoms with Crippen LogP contribution in [0.1, 0.15) is 12.1 Å². The fraction of sp³-hybridized carbons (Fsp3) is 0.467. The van der Waals surface area contributed by atoms with Gasteiger partial charge >= 0.3 is 0 Å². The van der Waals surface area contributed by atoms with E-state index in [-0.39, 0.29) is 29.9 Å². The van der Waals surface area contributed by atoms with Crippen molar-refractivity contribution in [1.82, 2.24) is 15.0 Å². The molecule has 24 heavy (non-hydrogen) atoms. The van der Waals surface area contributed by atoms with Crippen molar-refractivity contribution in [1.29, 1.82) is 0 Å². The lowest BCUT2D eigenvalue weighted by Gasteiger charge is -2.33. The van der Waals surface area contributed by atoms with Gasteiger partial charge in [0.1, 0.15) is 5.01 Å². The molecule has 3 rings (SSSR count). The molecule has 0 bridgehead atoms. The average molecular weight is 386 g/mol. The first kappa shape index (κ1) is 17.5. The molecule has 0 unspecified atom stereocenters. The van der Waals surface area contributed by atoms with Crippen LogP contribution < -0.4 is 0 Å². The number of thiophene rings is 1. The van der Waals surface area contributed by atoms with Crippen molar-refractivity contribution < 1.29 is 13.2 Å². The van der Waals surface area contributed by atoms with Gasteiger partial charge in [0.05, 0.1) is 29.7 Å². The lowest BCUT2D eigenvalue weighted by atomic mass is 10.2. The summed E-state index contributed by atoms with van der Waals surface area (Å²) in [5.41, 5.74) is 1.79. The van der Waals surface area contributed by atoms with E-state index in [1.165, 1.54) is 11.3 Å². The Balaban J connectivity index is 1.72. The molecule has 1 amide bonds. The molecular weight excluding hydrogens is 366 g/mol. The minimum absolute atomic E-state index is 0.0359. The number of hydrogen-bond donors (Lipinski definition) is 0. The molecule has 1 fully saturated rings. The molecule has 1 aliphatic rings. The first-order valence-corrected chi connectivity index (χ1v) is 11.2. The van der Waals surface area contributed by atoms with E-state index in [1.54, 1.807) is 35.4 Å². The maximum Gasteiger partial charge on any atom is 0.243 e. The summed E-state index contributed by atoms with van der Waals surface area (Å²) in [4.78, 5) is 17.2. The van der Waals surface area contributed by atoms with Crippen LogP contribution >= 0.6 is 22.7 Å². The van der Waals surface area contributed by atoms with Gasteiger partial charge in [0.15, 0.2) is 9.84 Å². The molecule has 6 nitrogen and oxygen atoms in total. The first-order valence-electron chi connectivity index (χ1n) is 7.52. The Bertz CT molecular complexity index is 812. The minimum Gasteiger partial charge on any atom is -0.273 e. The van der Waals surface area contributed by atoms with Crippen LogP contribution in [0.3, 0.4) is 0 Å². The molecule has 0 saturated carbocycles. The van der Waals surface area contributed by atoms with Gasteiger partial charge in [0, 0.05) is 30.4 Å². The van der Waals surface area contributed by atoms with Gasteiger partial charge in [0.2, 0.25) is 5.91 Å². The predicted molar refractivity (Wildman–Crippen MR) is 96.7 cm³/mol. The number of thiazole rings is 1. The molecule has 0 radical (unpaired) electrons. The molecule has 0 spiro atoms. The molecule has 1 atom stereocenters. The standard InChI is InChI=1S/C15H19N3O3S3/c1-17(2)18(13-4-6-24(20,21)10-13)14(19)7-12-9-23-15(16-12)11-3-5-22-8-11/h3,5,8-9,13H,4,6-7,10H2,1-2H3/t13-/m0/s1. The van der Waals surface area contributed by atoms with Crippen LogP contribution in [-0.2, 0) is 21.1 Å². The Kier molecular flexibility index (Phi) is 5.05. The Hall–Kier alpha value is -1.29. The van der Waals surface area contributed by atoms with Crippen molar-refractivity contribution in [2.45, 2.75) is 18.9 Å². The van der Waals surface area contributed by atoms with Crippen molar-refractivity contribution in [2.24, 2.45) is 0 Å². The van der Waals surface area contributed by atoms with Gasteiger partial charge in [-0.3, -0.25) is 9.80 Å². The van der Waals surface area contributed by atoms with E-state index >= 15 is 0 Å². The van der Waals surface area contributed by atoms with Crippen LogP contribution in [0.4, 0.5) is 0 Å². The third-order valence-corrected chi connectivity index (χ3v) is 7.27. The van der Waals surface area contributed by atoms with Crippen molar-refractivity contribution >= 4 is 38.4 Å². The van der Waals surface area contributed by atoms with Crippen molar-refractivity contribution in [3.63, 3.8) is 0 Å². The number of aromatic nitrogens is 1. The number of carbonyl (C=O) groups excluding carboxylic acids is 1. The van der Waals surface area contributed by atoms with Gasteiger partial charge in [-0.2, -0.15) is 11.3 Å². The largest absolute Gasteiger partial charge is 0.273 e. The van der Waals surface area contributed by atoms with E-state index in [1.807, 2.05) is 22.2 Å². The highest BCUT2D eigenvalue weighted by molar-refractivity contribution is 7.91. The maximum absolute atomic E-state index is 12.7. The van der Waals surface area contributed by atoms with Crippen LogP contribution in [0.25, 0.3) is 10.6 Å². The Morgan fingerprint density at radius 2 is 2.17 bits per heavy atom. The molecule has 0 aliphatic carbocycles. The van der Waals surface area contributed by atoms with Crippen molar-refractivity contribution in [2.75, 3.05) is 25.6 Å². The lowest BCUT2D eigenvalue weighted by molar-refractivity contribution is -0.148. The smallest absolute Gasteiger partial charge is 0.243 e. The number of rotatable bonds is 5. The summed E-state index contributed by atoms with van der Waals surface area (Å²) in [5, 5.41) is 10.1. The monoisotopic (exact) mass is 385 g/mol. The zero-order valence-corrected chi connectivity index (χ0v) is 16.0. The highest BCUT2D eigenvalue weighted by Gasteiger charge is 2.36. The molecule has 2 aromatic rings. The van der Waals surface area contributed by atoms with Gasteiger partial charge in [-0.1, -0.05) is 0 Å². The zero-order valence-electron chi connectivity index (χ0n) is 13.5. The second-order valence-electron chi connectivity index (χ2n) is 5.98. The molecule has 9 heteroatoms. The normalized spacial score (nSPS) is 19.7. The van der Waals surface area contributed by atoms with Gasteiger partial charge in [-0.05, 0) is 17.9 Å². The second kappa shape index (κ2) is 6.91. The molecular formula is C15H19N3O3S3. The summed E-state index contributed by atoms with van der Waals surface area (Å²) in [6.07, 6.45) is 0.666. The van der Waals surface area contributed by atoms with E-state index in [0.717, 1.165) is 16.3 Å². The summed E-state index contributed by atoms with van der Waals surface area (Å²) in [5.74, 6) is 0.0619. The first-order chi connectivity index (χ1) is 11.4. The molecule has 130 valence electrons. The predicted octanol–water partition coefficient (Wildman–Crippen LogP) is 1.91. The maximum atomic E-state index is 12.7. The zero-order chi connectivity index (χ0) is 17.3. The Morgan fingerprint density at radius 3 is 2.75 bits per heavy atom. The van der Waals surface area contributed by atoms with Gasteiger partial charge < -0.3 is 0 Å². The summed E-state index contributed by atoms with van der Waals surface area (Å²) in [6, 6.07) is 1.72. The summed E-state index contributed by atoms with van der Waals surface area (Å²) in [7, 11) is 0.490. The van der Waals surface area contributed by atoms with Crippen molar-refractivity contribution in [3.8, 4) is 10.6 Å². The van der Waals surface area contributed by atoms with Crippen LogP contribution in [0, 0.1) is 0 Å². The van der Waals surface area contributed by atoms with Gasteiger partial charge in [-0.25, -0.2) is 18.4 Å². The Morgan fingerprint density at radius 1 is 1.38 bits per heavy atom. The average Bonchev–Trinajstić information content (AvgIpc) is 3.19. The molecule has 0 N–H and O–H groups in total.